The van der Waals surface area contributed by atoms with Crippen molar-refractivity contribution in [2.75, 3.05) is 19.4 Å². The van der Waals surface area contributed by atoms with E-state index in [9.17, 15) is 39.5 Å². The topological polar surface area (TPSA) is 91.8 Å². The molecular formula is C24H26F5NO5S2. The van der Waals surface area contributed by atoms with Crippen LogP contribution in [0.4, 0.5) is 22.0 Å². The molecule has 1 fully saturated rings. The molecule has 0 heterocycles. The fraction of sp³-hybridized carbons (Fsp3) is 0.417. The van der Waals surface area contributed by atoms with Crippen LogP contribution in [-0.2, 0) is 30.8 Å². The highest BCUT2D eigenvalue weighted by molar-refractivity contribution is 7.92. The molecule has 3 unspecified atom stereocenters. The first-order valence-electron chi connectivity index (χ1n) is 11.1. The number of sulfone groups is 1. The Hall–Kier alpha value is -2.35. The number of benzene rings is 2. The summed E-state index contributed by atoms with van der Waals surface area (Å²) < 4.78 is 120. The van der Waals surface area contributed by atoms with Crippen molar-refractivity contribution in [1.29, 1.82) is 0 Å². The molecule has 0 aromatic heterocycles. The van der Waals surface area contributed by atoms with E-state index in [2.05, 4.69) is 6.58 Å². The molecule has 3 atom stereocenters. The lowest BCUT2D eigenvalue weighted by Gasteiger charge is -2.46. The second-order valence-corrected chi connectivity index (χ2v) is 13.2. The van der Waals surface area contributed by atoms with Gasteiger partial charge in [0.1, 0.15) is 16.4 Å². The van der Waals surface area contributed by atoms with Gasteiger partial charge < -0.3 is 5.11 Å². The van der Waals surface area contributed by atoms with E-state index in [1.807, 2.05) is 0 Å². The Morgan fingerprint density at radius 1 is 1.11 bits per heavy atom. The molecule has 1 N–H and O–H groups in total. The fourth-order valence-corrected chi connectivity index (χ4v) is 8.37. The van der Waals surface area contributed by atoms with E-state index < -0.39 is 83.4 Å². The van der Waals surface area contributed by atoms with Gasteiger partial charge in [0, 0.05) is 30.7 Å². The third-order valence-electron chi connectivity index (χ3n) is 6.75. The van der Waals surface area contributed by atoms with Crippen LogP contribution in [0.2, 0.25) is 0 Å². The average Bonchev–Trinajstić information content (AvgIpc) is 2.82. The Kier molecular flexibility index (Phi) is 8.23. The molecule has 0 radical (unpaired) electrons. The lowest BCUT2D eigenvalue weighted by Crippen LogP contribution is -2.53. The smallest absolute Gasteiger partial charge is 0.396 e. The van der Waals surface area contributed by atoms with Gasteiger partial charge in [0.25, 0.3) is 0 Å². The number of nitrogens with zero attached hydrogens (tertiary/aromatic N) is 1. The lowest BCUT2D eigenvalue weighted by molar-refractivity contribution is -0.137. The molecule has 0 amide bonds. The summed E-state index contributed by atoms with van der Waals surface area (Å²) in [6, 6.07) is 4.02. The van der Waals surface area contributed by atoms with E-state index in [-0.39, 0.29) is 19.4 Å². The number of rotatable bonds is 8. The van der Waals surface area contributed by atoms with Crippen LogP contribution in [0.5, 0.6) is 0 Å². The summed E-state index contributed by atoms with van der Waals surface area (Å²) >= 11 is 0. The highest BCUT2D eigenvalue weighted by Gasteiger charge is 2.54. The molecule has 37 heavy (non-hydrogen) atoms. The molecular weight excluding hydrogens is 541 g/mol. The van der Waals surface area contributed by atoms with E-state index in [0.717, 1.165) is 34.8 Å². The highest BCUT2D eigenvalue weighted by atomic mass is 32.2. The minimum absolute atomic E-state index is 0.132. The number of hydrogen-bond donors (Lipinski definition) is 1. The zero-order valence-electron chi connectivity index (χ0n) is 19.7. The van der Waals surface area contributed by atoms with E-state index in [1.165, 1.54) is 6.08 Å². The first-order valence-corrected chi connectivity index (χ1v) is 14.5. The largest absolute Gasteiger partial charge is 0.416 e. The zero-order chi connectivity index (χ0) is 27.8. The first kappa shape index (κ1) is 29.2. The predicted molar refractivity (Wildman–Crippen MR) is 127 cm³/mol. The number of alkyl halides is 3. The van der Waals surface area contributed by atoms with Gasteiger partial charge in [-0.3, -0.25) is 0 Å². The fourth-order valence-electron chi connectivity index (χ4n) is 5.02. The van der Waals surface area contributed by atoms with Crippen LogP contribution < -0.4 is 0 Å². The third kappa shape index (κ3) is 5.59. The maximum Gasteiger partial charge on any atom is 0.416 e. The van der Waals surface area contributed by atoms with Gasteiger partial charge in [0.15, 0.2) is 9.84 Å². The van der Waals surface area contributed by atoms with Crippen LogP contribution in [0.1, 0.15) is 30.4 Å². The second-order valence-electron chi connectivity index (χ2n) is 9.02. The van der Waals surface area contributed by atoms with E-state index in [4.69, 9.17) is 0 Å². The van der Waals surface area contributed by atoms with E-state index in [1.54, 1.807) is 0 Å². The summed E-state index contributed by atoms with van der Waals surface area (Å²) in [5, 5.41) is 10.2. The minimum atomic E-state index is -4.73. The van der Waals surface area contributed by atoms with Crippen LogP contribution in [0.25, 0.3) is 0 Å². The number of aliphatic hydroxyl groups excluding tert-OH is 1. The van der Waals surface area contributed by atoms with Gasteiger partial charge in [-0.25, -0.2) is 25.6 Å². The Morgan fingerprint density at radius 3 is 2.24 bits per heavy atom. The van der Waals surface area contributed by atoms with Crippen molar-refractivity contribution in [2.45, 2.75) is 41.1 Å². The molecule has 0 saturated heterocycles. The van der Waals surface area contributed by atoms with Gasteiger partial charge >= 0.3 is 6.18 Å². The van der Waals surface area contributed by atoms with Crippen LogP contribution in [0, 0.1) is 17.6 Å². The van der Waals surface area contributed by atoms with Gasteiger partial charge in [-0.15, -0.1) is 6.58 Å². The molecule has 2 aromatic rings. The van der Waals surface area contributed by atoms with Gasteiger partial charge in [0.05, 0.1) is 16.7 Å². The summed E-state index contributed by atoms with van der Waals surface area (Å²) in [4.78, 5) is -0.551. The number of sulfonamides is 1. The van der Waals surface area contributed by atoms with Crippen LogP contribution >= 0.6 is 0 Å². The SMILES string of the molecule is C=CCN(C1CCC(c2cc(F)ccc2F)(S(=O)(=O)c2ccc(C(F)(F)F)cc2)CC1CO)S(C)(=O)=O. The molecule has 3 rings (SSSR count). The monoisotopic (exact) mass is 567 g/mol. The molecule has 2 aromatic carbocycles. The Labute approximate surface area is 212 Å². The van der Waals surface area contributed by atoms with Crippen molar-refractivity contribution < 1.29 is 43.9 Å². The summed E-state index contributed by atoms with van der Waals surface area (Å²) in [6.45, 7) is 2.71. The Balaban J connectivity index is 2.21. The summed E-state index contributed by atoms with van der Waals surface area (Å²) in [7, 11) is -8.52. The molecule has 0 bridgehead atoms. The Bertz CT molecular complexity index is 1360. The molecule has 0 aliphatic heterocycles. The standard InChI is InChI=1S/C24H26F5NO5S2/c1-3-12-30(36(2,32)33)22-10-11-23(14-16(22)15-31,20-13-18(25)6-9-21(20)26)37(34,35)19-7-4-17(5-8-19)24(27,28)29/h3-9,13,16,22,31H,1,10-12,14-15H2,2H3. The Morgan fingerprint density at radius 2 is 1.73 bits per heavy atom. The predicted octanol–water partition coefficient (Wildman–Crippen LogP) is 4.26. The number of halogens is 5. The molecule has 204 valence electrons. The second kappa shape index (κ2) is 10.4. The lowest BCUT2D eigenvalue weighted by atomic mass is 9.74. The molecule has 1 saturated carbocycles. The van der Waals surface area contributed by atoms with E-state index in [0.29, 0.717) is 18.2 Å². The van der Waals surface area contributed by atoms with Gasteiger partial charge in [-0.05, 0) is 61.7 Å². The summed E-state index contributed by atoms with van der Waals surface area (Å²) in [6.07, 6.45) is -3.53. The quantitative estimate of drug-likeness (QED) is 0.380. The van der Waals surface area contributed by atoms with Crippen molar-refractivity contribution in [3.05, 3.63) is 77.9 Å². The maximum atomic E-state index is 15.1. The molecule has 13 heteroatoms. The molecule has 6 nitrogen and oxygen atoms in total. The van der Waals surface area contributed by atoms with Crippen LogP contribution in [0.3, 0.4) is 0 Å². The molecule has 1 aliphatic carbocycles. The first-order chi connectivity index (χ1) is 17.1. The minimum Gasteiger partial charge on any atom is -0.396 e. The van der Waals surface area contributed by atoms with Crippen molar-refractivity contribution in [1.82, 2.24) is 4.31 Å². The molecule has 1 aliphatic rings. The normalized spacial score (nSPS) is 23.2. The van der Waals surface area contributed by atoms with Crippen LogP contribution in [0.15, 0.2) is 60.0 Å². The van der Waals surface area contributed by atoms with Crippen molar-refractivity contribution in [3.8, 4) is 0 Å². The maximum absolute atomic E-state index is 15.1. The third-order valence-corrected chi connectivity index (χ3v) is 10.5. The zero-order valence-corrected chi connectivity index (χ0v) is 21.4. The van der Waals surface area contributed by atoms with E-state index >= 15 is 4.39 Å². The number of aliphatic hydroxyl groups is 1. The van der Waals surface area contributed by atoms with Crippen molar-refractivity contribution in [2.24, 2.45) is 5.92 Å². The summed E-state index contributed by atoms with van der Waals surface area (Å²) in [5.41, 5.74) is -1.64. The molecule has 0 spiro atoms. The highest BCUT2D eigenvalue weighted by Crippen LogP contribution is 2.51. The van der Waals surface area contributed by atoms with Gasteiger partial charge in [-0.2, -0.15) is 17.5 Å². The van der Waals surface area contributed by atoms with Gasteiger partial charge in [-0.1, -0.05) is 6.08 Å². The number of hydrogen-bond acceptors (Lipinski definition) is 5. The van der Waals surface area contributed by atoms with Crippen molar-refractivity contribution >= 4 is 19.9 Å². The van der Waals surface area contributed by atoms with Gasteiger partial charge in [0.2, 0.25) is 10.0 Å². The summed E-state index contributed by atoms with van der Waals surface area (Å²) in [5.74, 6) is -3.03. The van der Waals surface area contributed by atoms with Crippen LogP contribution in [-0.4, -0.2) is 51.7 Å². The van der Waals surface area contributed by atoms with Crippen molar-refractivity contribution in [3.63, 3.8) is 0 Å². The average molecular weight is 568 g/mol.